The number of nitrogens with zero attached hydrogens (tertiary/aromatic N) is 2. The Morgan fingerprint density at radius 1 is 1.35 bits per heavy atom. The van der Waals surface area contributed by atoms with E-state index in [-0.39, 0.29) is 23.2 Å². The summed E-state index contributed by atoms with van der Waals surface area (Å²) in [5, 5.41) is 0. The average Bonchev–Trinajstić information content (AvgIpc) is 3.21. The van der Waals surface area contributed by atoms with E-state index in [4.69, 9.17) is 4.74 Å². The molecule has 1 saturated carbocycles. The van der Waals surface area contributed by atoms with Crippen LogP contribution in [0.15, 0.2) is 6.07 Å². The first kappa shape index (κ1) is 17.6. The fourth-order valence-electron chi connectivity index (χ4n) is 4.26. The molecule has 6 nitrogen and oxygen atoms in total. The van der Waals surface area contributed by atoms with E-state index in [9.17, 15) is 14.4 Å². The predicted octanol–water partition coefficient (Wildman–Crippen LogP) is 2.62. The van der Waals surface area contributed by atoms with Crippen molar-refractivity contribution in [1.29, 1.82) is 0 Å². The maximum absolute atomic E-state index is 12.6. The SMILES string of the molecule is Cc1cc(C(=O)COC(=O)[C@H]2CS[C@]3(C)CCC(=O)N23)c(C)n1C1CC1. The molecule has 26 heavy (non-hydrogen) atoms. The van der Waals surface area contributed by atoms with Crippen molar-refractivity contribution in [1.82, 2.24) is 9.47 Å². The van der Waals surface area contributed by atoms with Crippen LogP contribution in [0.3, 0.4) is 0 Å². The van der Waals surface area contributed by atoms with Crippen LogP contribution in [-0.4, -0.2) is 50.4 Å². The Kier molecular flexibility index (Phi) is 4.17. The number of hydrogen-bond acceptors (Lipinski definition) is 5. The lowest BCUT2D eigenvalue weighted by atomic mass is 10.1. The van der Waals surface area contributed by atoms with Crippen LogP contribution in [-0.2, 0) is 14.3 Å². The number of rotatable bonds is 5. The molecule has 0 radical (unpaired) electrons. The zero-order chi connectivity index (χ0) is 18.6. The summed E-state index contributed by atoms with van der Waals surface area (Å²) in [5.74, 6) is -0.120. The van der Waals surface area contributed by atoms with Crippen LogP contribution in [0.1, 0.15) is 60.4 Å². The van der Waals surface area contributed by atoms with E-state index in [2.05, 4.69) is 4.57 Å². The summed E-state index contributed by atoms with van der Waals surface area (Å²) in [4.78, 5) is 38.5. The molecule has 4 rings (SSSR count). The van der Waals surface area contributed by atoms with E-state index in [1.165, 1.54) is 0 Å². The molecule has 2 saturated heterocycles. The molecule has 3 fully saturated rings. The smallest absolute Gasteiger partial charge is 0.330 e. The Labute approximate surface area is 157 Å². The quantitative estimate of drug-likeness (QED) is 0.584. The molecular weight excluding hydrogens is 352 g/mol. The van der Waals surface area contributed by atoms with Gasteiger partial charge >= 0.3 is 5.97 Å². The summed E-state index contributed by atoms with van der Waals surface area (Å²) in [6, 6.07) is 1.82. The number of amides is 1. The van der Waals surface area contributed by atoms with E-state index >= 15 is 0 Å². The van der Waals surface area contributed by atoms with E-state index in [1.54, 1.807) is 16.7 Å². The molecule has 3 heterocycles. The Bertz CT molecular complexity index is 798. The first-order chi connectivity index (χ1) is 12.3. The fourth-order valence-corrected chi connectivity index (χ4v) is 5.68. The highest BCUT2D eigenvalue weighted by Crippen LogP contribution is 2.47. The minimum atomic E-state index is -0.577. The Morgan fingerprint density at radius 3 is 2.77 bits per heavy atom. The summed E-state index contributed by atoms with van der Waals surface area (Å²) in [5.41, 5.74) is 2.65. The number of esters is 1. The van der Waals surface area contributed by atoms with E-state index < -0.39 is 12.0 Å². The van der Waals surface area contributed by atoms with Gasteiger partial charge in [-0.3, -0.25) is 9.59 Å². The van der Waals surface area contributed by atoms with Crippen molar-refractivity contribution in [3.63, 3.8) is 0 Å². The minimum Gasteiger partial charge on any atom is -0.456 e. The molecular formula is C19H24N2O4S. The molecule has 0 unspecified atom stereocenters. The Hall–Kier alpha value is -1.76. The number of aromatic nitrogens is 1. The zero-order valence-corrected chi connectivity index (χ0v) is 16.2. The van der Waals surface area contributed by atoms with Gasteiger partial charge in [0.1, 0.15) is 6.04 Å². The van der Waals surface area contributed by atoms with Crippen molar-refractivity contribution in [3.8, 4) is 0 Å². The zero-order valence-electron chi connectivity index (χ0n) is 15.4. The number of ether oxygens (including phenoxy) is 1. The van der Waals surface area contributed by atoms with Crippen molar-refractivity contribution >= 4 is 29.4 Å². The molecule has 3 aliphatic rings. The molecule has 7 heteroatoms. The van der Waals surface area contributed by atoms with Crippen molar-refractivity contribution in [2.45, 2.75) is 63.4 Å². The molecule has 1 aliphatic carbocycles. The summed E-state index contributed by atoms with van der Waals surface area (Å²) in [7, 11) is 0. The van der Waals surface area contributed by atoms with Gasteiger partial charge in [0.15, 0.2) is 6.61 Å². The Balaban J connectivity index is 1.41. The third-order valence-electron chi connectivity index (χ3n) is 5.76. The Morgan fingerprint density at radius 2 is 2.08 bits per heavy atom. The maximum atomic E-state index is 12.6. The van der Waals surface area contributed by atoms with Gasteiger partial charge < -0.3 is 14.2 Å². The highest BCUT2D eigenvalue weighted by Gasteiger charge is 2.53. The lowest BCUT2D eigenvalue weighted by Gasteiger charge is -2.29. The number of aryl methyl sites for hydroxylation is 1. The van der Waals surface area contributed by atoms with Crippen molar-refractivity contribution in [2.75, 3.05) is 12.4 Å². The van der Waals surface area contributed by atoms with Crippen LogP contribution in [0.4, 0.5) is 0 Å². The average molecular weight is 376 g/mol. The highest BCUT2D eigenvalue weighted by atomic mass is 32.2. The minimum absolute atomic E-state index is 0.00115. The van der Waals surface area contributed by atoms with Gasteiger partial charge in [0.2, 0.25) is 11.7 Å². The normalized spacial score (nSPS) is 27.7. The lowest BCUT2D eigenvalue weighted by molar-refractivity contribution is -0.152. The third-order valence-corrected chi connectivity index (χ3v) is 7.26. The number of thioether (sulfide) groups is 1. The second kappa shape index (κ2) is 6.15. The van der Waals surface area contributed by atoms with Crippen LogP contribution in [0, 0.1) is 13.8 Å². The summed E-state index contributed by atoms with van der Waals surface area (Å²) >= 11 is 1.62. The number of carbonyl (C=O) groups is 3. The van der Waals surface area contributed by atoms with E-state index in [0.717, 1.165) is 30.7 Å². The maximum Gasteiger partial charge on any atom is 0.330 e. The molecule has 0 aromatic carbocycles. The highest BCUT2D eigenvalue weighted by molar-refractivity contribution is 8.01. The van der Waals surface area contributed by atoms with Crippen molar-refractivity contribution < 1.29 is 19.1 Å². The summed E-state index contributed by atoms with van der Waals surface area (Å²) < 4.78 is 7.52. The monoisotopic (exact) mass is 376 g/mol. The molecule has 140 valence electrons. The van der Waals surface area contributed by atoms with Gasteiger partial charge in [-0.1, -0.05) is 0 Å². The van der Waals surface area contributed by atoms with Crippen LogP contribution in [0.2, 0.25) is 0 Å². The molecule has 0 bridgehead atoms. The molecule has 1 amide bonds. The first-order valence-corrected chi connectivity index (χ1v) is 10.1. The summed E-state index contributed by atoms with van der Waals surface area (Å²) in [6.07, 6.45) is 3.54. The third kappa shape index (κ3) is 2.76. The van der Waals surface area contributed by atoms with Crippen molar-refractivity contribution in [2.24, 2.45) is 0 Å². The van der Waals surface area contributed by atoms with Gasteiger partial charge in [-0.2, -0.15) is 0 Å². The van der Waals surface area contributed by atoms with Gasteiger partial charge in [-0.05, 0) is 46.1 Å². The standard InChI is InChI=1S/C19H24N2O4S/c1-11-8-14(12(2)20(11)13-4-5-13)16(22)9-25-18(24)15-10-26-19(3)7-6-17(23)21(15)19/h8,13,15H,4-7,9-10H2,1-3H3/t15-,19-/m1/s1. The van der Waals surface area contributed by atoms with E-state index in [1.807, 2.05) is 26.8 Å². The first-order valence-electron chi connectivity index (χ1n) is 9.16. The van der Waals surface area contributed by atoms with Crippen molar-refractivity contribution in [3.05, 3.63) is 23.0 Å². The number of hydrogen-bond donors (Lipinski definition) is 0. The lowest BCUT2D eigenvalue weighted by Crippen LogP contribution is -2.46. The molecule has 0 spiro atoms. The van der Waals surface area contributed by atoms with Crippen LogP contribution >= 0.6 is 11.8 Å². The molecule has 1 aromatic heterocycles. The number of carbonyl (C=O) groups excluding carboxylic acids is 3. The summed E-state index contributed by atoms with van der Waals surface area (Å²) in [6.45, 7) is 5.67. The number of fused-ring (bicyclic) bond motifs is 1. The van der Waals surface area contributed by atoms with Gasteiger partial charge in [-0.15, -0.1) is 11.8 Å². The predicted molar refractivity (Wildman–Crippen MR) is 98.2 cm³/mol. The van der Waals surface area contributed by atoms with Crippen LogP contribution in [0.5, 0.6) is 0 Å². The van der Waals surface area contributed by atoms with Crippen LogP contribution < -0.4 is 0 Å². The van der Waals surface area contributed by atoms with Gasteiger partial charge in [0, 0.05) is 35.2 Å². The van der Waals surface area contributed by atoms with Crippen LogP contribution in [0.25, 0.3) is 0 Å². The number of ketones is 1. The second-order valence-corrected chi connectivity index (χ2v) is 9.18. The van der Waals surface area contributed by atoms with Gasteiger partial charge in [0.05, 0.1) is 4.87 Å². The molecule has 2 atom stereocenters. The van der Waals surface area contributed by atoms with Gasteiger partial charge in [0.25, 0.3) is 0 Å². The fraction of sp³-hybridized carbons (Fsp3) is 0.632. The molecule has 0 N–H and O–H groups in total. The number of Topliss-reactive ketones (excluding diaryl/α,β-unsaturated/α-hetero) is 1. The molecule has 1 aromatic rings. The second-order valence-electron chi connectivity index (χ2n) is 7.68. The molecule has 2 aliphatic heterocycles. The largest absolute Gasteiger partial charge is 0.456 e. The van der Waals surface area contributed by atoms with E-state index in [0.29, 0.717) is 23.8 Å². The van der Waals surface area contributed by atoms with Gasteiger partial charge in [-0.25, -0.2) is 4.79 Å². The topological polar surface area (TPSA) is 68.6 Å².